The molecule has 0 radical (unpaired) electrons. The number of hydrogen-bond acceptors (Lipinski definition) is 6. The molecule has 11 heteroatoms. The molecule has 1 aliphatic rings. The molecule has 0 saturated carbocycles. The van der Waals surface area contributed by atoms with E-state index < -0.39 is 29.7 Å². The Morgan fingerprint density at radius 2 is 1.68 bits per heavy atom. The van der Waals surface area contributed by atoms with E-state index in [-0.39, 0.29) is 12.0 Å². The number of carboxylic acids is 1. The lowest BCUT2D eigenvalue weighted by atomic mass is 10.0. The molecule has 4 rings (SSSR count). The van der Waals surface area contributed by atoms with Crippen molar-refractivity contribution in [2.45, 2.75) is 12.5 Å². The molecule has 1 atom stereocenters. The van der Waals surface area contributed by atoms with Gasteiger partial charge in [0.25, 0.3) is 0 Å². The predicted molar refractivity (Wildman–Crippen MR) is 142 cm³/mol. The van der Waals surface area contributed by atoms with Crippen LogP contribution < -0.4 is 20.9 Å². The summed E-state index contributed by atoms with van der Waals surface area (Å²) in [6.07, 6.45) is 0.117. The smallest absolute Gasteiger partial charge is 0.335 e. The molecule has 0 aliphatic carbocycles. The number of carbonyl (C=O) groups excluding carboxylic acids is 3. The van der Waals surface area contributed by atoms with E-state index in [2.05, 4.69) is 16.0 Å². The van der Waals surface area contributed by atoms with E-state index in [4.69, 9.17) is 21.4 Å². The first-order chi connectivity index (χ1) is 18.3. The van der Waals surface area contributed by atoms with E-state index in [0.29, 0.717) is 42.0 Å². The van der Waals surface area contributed by atoms with E-state index in [0.717, 1.165) is 5.56 Å². The van der Waals surface area contributed by atoms with E-state index in [1.807, 2.05) is 11.0 Å². The van der Waals surface area contributed by atoms with E-state index in [1.54, 1.807) is 36.4 Å². The van der Waals surface area contributed by atoms with Crippen molar-refractivity contribution < 1.29 is 29.0 Å². The fraction of sp³-hybridized carbons (Fsp3) is 0.185. The zero-order chi connectivity index (χ0) is 27.1. The van der Waals surface area contributed by atoms with Crippen molar-refractivity contribution in [1.29, 1.82) is 0 Å². The molecule has 3 amide bonds. The number of amides is 3. The van der Waals surface area contributed by atoms with Crippen molar-refractivity contribution >= 4 is 52.4 Å². The van der Waals surface area contributed by atoms with Crippen LogP contribution in [-0.2, 0) is 25.5 Å². The minimum absolute atomic E-state index is 0.0645. The largest absolute Gasteiger partial charge is 0.478 e. The highest BCUT2D eigenvalue weighted by Gasteiger charge is 2.26. The fourth-order valence-electron chi connectivity index (χ4n) is 3.88. The zero-order valence-electron chi connectivity index (χ0n) is 20.1. The lowest BCUT2D eigenvalue weighted by molar-refractivity contribution is -0.137. The Labute approximate surface area is 223 Å². The van der Waals surface area contributed by atoms with E-state index in [1.165, 1.54) is 30.3 Å². The first-order valence-corrected chi connectivity index (χ1v) is 12.1. The summed E-state index contributed by atoms with van der Waals surface area (Å²) in [6, 6.07) is 18.4. The van der Waals surface area contributed by atoms with Crippen LogP contribution >= 0.6 is 11.6 Å². The topological polar surface area (TPSA) is 137 Å². The van der Waals surface area contributed by atoms with E-state index in [9.17, 15) is 19.2 Å². The average Bonchev–Trinajstić information content (AvgIpc) is 3.44. The van der Waals surface area contributed by atoms with Gasteiger partial charge in [-0.25, -0.2) is 4.79 Å². The summed E-state index contributed by atoms with van der Waals surface area (Å²) in [5.74, 6) is -3.64. The van der Waals surface area contributed by atoms with Gasteiger partial charge in [0, 0.05) is 23.7 Å². The van der Waals surface area contributed by atoms with Gasteiger partial charge >= 0.3 is 17.8 Å². The molecule has 0 bridgehead atoms. The summed E-state index contributed by atoms with van der Waals surface area (Å²) in [5.41, 5.74) is 2.16. The Hall–Kier alpha value is -4.41. The minimum atomic E-state index is -1.10. The van der Waals surface area contributed by atoms with Gasteiger partial charge in [0.05, 0.1) is 23.5 Å². The van der Waals surface area contributed by atoms with Crippen molar-refractivity contribution in [3.8, 4) is 0 Å². The monoisotopic (exact) mass is 536 g/mol. The normalized spacial score (nSPS) is 13.4. The molecule has 1 heterocycles. The summed E-state index contributed by atoms with van der Waals surface area (Å²) in [4.78, 5) is 51.9. The van der Waals surface area contributed by atoms with Gasteiger partial charge in [-0.05, 0) is 48.0 Å². The maximum atomic E-state index is 13.1. The summed E-state index contributed by atoms with van der Waals surface area (Å²) >= 11 is 6.12. The summed E-state index contributed by atoms with van der Waals surface area (Å²) in [7, 11) is 0. The van der Waals surface area contributed by atoms with Crippen LogP contribution in [0.3, 0.4) is 0 Å². The van der Waals surface area contributed by atoms with Crippen LogP contribution in [0.15, 0.2) is 72.8 Å². The van der Waals surface area contributed by atoms with Crippen LogP contribution in [0, 0.1) is 0 Å². The summed E-state index contributed by atoms with van der Waals surface area (Å²) in [6.45, 7) is 1.48. The Balaban J connectivity index is 1.48. The Morgan fingerprint density at radius 1 is 0.947 bits per heavy atom. The maximum absolute atomic E-state index is 13.1. The Bertz CT molecular complexity index is 1330. The lowest BCUT2D eigenvalue weighted by Crippen LogP contribution is -2.49. The van der Waals surface area contributed by atoms with Crippen LogP contribution in [0.4, 0.5) is 17.1 Å². The van der Waals surface area contributed by atoms with Gasteiger partial charge < -0.3 is 30.7 Å². The fourth-order valence-corrected chi connectivity index (χ4v) is 4.05. The molecule has 4 N–H and O–H groups in total. The molecule has 0 spiro atoms. The van der Waals surface area contributed by atoms with Crippen LogP contribution in [0.25, 0.3) is 0 Å². The standard InChI is InChI=1S/C27H25ClN4O6/c28-19-8-11-23(32-12-13-38-16-32)21(15-19)30-25(34)26(35)31-22(14-17-4-2-1-3-5-17)24(33)29-20-9-6-18(7-10-20)27(36)37/h1-11,15,22H,12-14,16H2,(H,29,33)(H,30,34)(H,31,35)(H,36,37). The van der Waals surface area contributed by atoms with Crippen LogP contribution in [-0.4, -0.2) is 54.7 Å². The number of carbonyl (C=O) groups is 4. The number of hydrogen-bond donors (Lipinski definition) is 4. The van der Waals surface area contributed by atoms with Gasteiger partial charge in [0.1, 0.15) is 12.8 Å². The molecule has 1 unspecified atom stereocenters. The summed E-state index contributed by atoms with van der Waals surface area (Å²) in [5, 5.41) is 17.2. The van der Waals surface area contributed by atoms with Gasteiger partial charge in [-0.3, -0.25) is 14.4 Å². The molecular weight excluding hydrogens is 512 g/mol. The number of nitrogens with one attached hydrogen (secondary N) is 3. The first-order valence-electron chi connectivity index (χ1n) is 11.7. The maximum Gasteiger partial charge on any atom is 0.335 e. The number of nitrogens with zero attached hydrogens (tertiary/aromatic N) is 1. The van der Waals surface area contributed by atoms with Crippen molar-refractivity contribution in [3.63, 3.8) is 0 Å². The Kier molecular flexibility index (Phi) is 8.57. The molecule has 1 fully saturated rings. The molecule has 1 aliphatic heterocycles. The number of benzene rings is 3. The van der Waals surface area contributed by atoms with Crippen molar-refractivity contribution in [1.82, 2.24) is 5.32 Å². The van der Waals surface area contributed by atoms with Crippen LogP contribution in [0.2, 0.25) is 5.02 Å². The zero-order valence-corrected chi connectivity index (χ0v) is 20.9. The molecule has 196 valence electrons. The molecule has 1 saturated heterocycles. The Morgan fingerprint density at radius 3 is 2.34 bits per heavy atom. The SMILES string of the molecule is O=C(Nc1cc(Cl)ccc1N1CCOC1)C(=O)NC(Cc1ccccc1)C(=O)Nc1ccc(C(=O)O)cc1. The second-order valence-corrected chi connectivity index (χ2v) is 8.94. The van der Waals surface area contributed by atoms with Crippen LogP contribution in [0.5, 0.6) is 0 Å². The second kappa shape index (κ2) is 12.2. The third kappa shape index (κ3) is 6.87. The molecule has 38 heavy (non-hydrogen) atoms. The molecule has 3 aromatic carbocycles. The van der Waals surface area contributed by atoms with Crippen LogP contribution in [0.1, 0.15) is 15.9 Å². The van der Waals surface area contributed by atoms with Gasteiger partial charge in [-0.1, -0.05) is 41.9 Å². The van der Waals surface area contributed by atoms with Gasteiger partial charge in [-0.15, -0.1) is 0 Å². The number of ether oxygens (including phenoxy) is 1. The highest BCUT2D eigenvalue weighted by molar-refractivity contribution is 6.40. The minimum Gasteiger partial charge on any atom is -0.478 e. The predicted octanol–water partition coefficient (Wildman–Crippen LogP) is 3.14. The number of carboxylic acid groups (broad SMARTS) is 1. The average molecular weight is 537 g/mol. The quantitative estimate of drug-likeness (QED) is 0.325. The highest BCUT2D eigenvalue weighted by Crippen LogP contribution is 2.30. The van der Waals surface area contributed by atoms with Crippen molar-refractivity contribution in [2.75, 3.05) is 35.4 Å². The van der Waals surface area contributed by atoms with Crippen molar-refractivity contribution in [3.05, 3.63) is 88.9 Å². The third-order valence-corrected chi connectivity index (χ3v) is 6.05. The number of rotatable bonds is 8. The van der Waals surface area contributed by atoms with Gasteiger partial charge in [0.2, 0.25) is 5.91 Å². The first kappa shape index (κ1) is 26.6. The lowest BCUT2D eigenvalue weighted by Gasteiger charge is -2.21. The molecule has 3 aromatic rings. The summed E-state index contributed by atoms with van der Waals surface area (Å²) < 4.78 is 5.38. The molecule has 10 nitrogen and oxygen atoms in total. The molecule has 0 aromatic heterocycles. The van der Waals surface area contributed by atoms with Gasteiger partial charge in [-0.2, -0.15) is 0 Å². The van der Waals surface area contributed by atoms with Crippen molar-refractivity contribution in [2.24, 2.45) is 0 Å². The third-order valence-electron chi connectivity index (χ3n) is 5.81. The van der Waals surface area contributed by atoms with Gasteiger partial charge in [0.15, 0.2) is 0 Å². The van der Waals surface area contributed by atoms with E-state index >= 15 is 0 Å². The second-order valence-electron chi connectivity index (χ2n) is 8.50. The highest BCUT2D eigenvalue weighted by atomic mass is 35.5. The number of anilines is 3. The number of halogens is 1. The number of aromatic carboxylic acids is 1. The molecular formula is C27H25ClN4O6.